The Morgan fingerprint density at radius 2 is 1.85 bits per heavy atom. The number of aliphatic hydroxyl groups is 1. The highest BCUT2D eigenvalue weighted by Gasteiger charge is 2.42. The van der Waals surface area contributed by atoms with Crippen molar-refractivity contribution in [3.05, 3.63) is 34.9 Å². The minimum absolute atomic E-state index is 0.0280. The zero-order valence-electron chi connectivity index (χ0n) is 14.9. The van der Waals surface area contributed by atoms with Gasteiger partial charge >= 0.3 is 12.1 Å². The molecule has 1 fully saturated rings. The fourth-order valence-electron chi connectivity index (χ4n) is 2.51. The van der Waals surface area contributed by atoms with Crippen molar-refractivity contribution in [2.24, 2.45) is 0 Å². The van der Waals surface area contributed by atoms with Crippen LogP contribution in [0.25, 0.3) is 0 Å². The van der Waals surface area contributed by atoms with Crippen LogP contribution < -0.4 is 0 Å². The van der Waals surface area contributed by atoms with E-state index in [1.807, 2.05) is 0 Å². The van der Waals surface area contributed by atoms with Gasteiger partial charge in [0, 0.05) is 17.0 Å². The molecule has 2 rings (SSSR count). The van der Waals surface area contributed by atoms with Gasteiger partial charge in [-0.05, 0) is 45.0 Å². The van der Waals surface area contributed by atoms with Crippen LogP contribution in [0, 0.1) is 0 Å². The molecule has 1 aliphatic heterocycles. The number of rotatable bonds is 4. The van der Waals surface area contributed by atoms with E-state index < -0.39 is 42.2 Å². The Kier molecular flexibility index (Phi) is 6.26. The molecular formula is C18H22ClNO6. The Hall–Kier alpha value is -2.12. The quantitative estimate of drug-likeness (QED) is 0.634. The van der Waals surface area contributed by atoms with Gasteiger partial charge in [0.2, 0.25) is 0 Å². The zero-order chi connectivity index (χ0) is 19.5. The molecule has 1 N–H and O–H groups in total. The second kappa shape index (κ2) is 8.05. The van der Waals surface area contributed by atoms with Gasteiger partial charge in [-0.3, -0.25) is 9.69 Å². The maximum absolute atomic E-state index is 12.3. The summed E-state index contributed by atoms with van der Waals surface area (Å²) in [5.41, 5.74) is -0.374. The van der Waals surface area contributed by atoms with Crippen molar-refractivity contribution in [1.82, 2.24) is 4.90 Å². The first-order chi connectivity index (χ1) is 12.1. The van der Waals surface area contributed by atoms with Gasteiger partial charge in [0.1, 0.15) is 11.6 Å². The topological polar surface area (TPSA) is 93.1 Å². The molecule has 1 saturated heterocycles. The van der Waals surface area contributed by atoms with Gasteiger partial charge in [0.15, 0.2) is 12.4 Å². The summed E-state index contributed by atoms with van der Waals surface area (Å²) >= 11 is 5.77. The number of Topliss-reactive ketones (excluding diaryl/α,β-unsaturated/α-hetero) is 1. The number of likely N-dealkylation sites (tertiary alicyclic amines) is 1. The first-order valence-corrected chi connectivity index (χ1v) is 8.57. The summed E-state index contributed by atoms with van der Waals surface area (Å²) in [6.45, 7) is 4.62. The van der Waals surface area contributed by atoms with Crippen LogP contribution >= 0.6 is 11.6 Å². The first kappa shape index (κ1) is 20.2. The van der Waals surface area contributed by atoms with E-state index in [4.69, 9.17) is 21.1 Å². The largest absolute Gasteiger partial charge is 0.456 e. The number of halogens is 1. The molecule has 1 aromatic carbocycles. The molecule has 0 bridgehead atoms. The predicted octanol–water partition coefficient (Wildman–Crippen LogP) is 2.44. The molecule has 0 aliphatic carbocycles. The number of hydrogen-bond donors (Lipinski definition) is 1. The Balaban J connectivity index is 1.97. The molecule has 0 radical (unpaired) electrons. The number of ketones is 1. The minimum atomic E-state index is -0.988. The van der Waals surface area contributed by atoms with E-state index >= 15 is 0 Å². The number of β-amino-alcohol motifs (C(OH)–C–C–N with tert-alkyl or cyclic N) is 1. The minimum Gasteiger partial charge on any atom is -0.456 e. The van der Waals surface area contributed by atoms with Crippen molar-refractivity contribution >= 4 is 29.4 Å². The highest BCUT2D eigenvalue weighted by molar-refractivity contribution is 6.30. The second-order valence-corrected chi connectivity index (χ2v) is 7.51. The van der Waals surface area contributed by atoms with Gasteiger partial charge in [-0.1, -0.05) is 11.6 Å². The molecule has 142 valence electrons. The van der Waals surface area contributed by atoms with Crippen LogP contribution in [0.2, 0.25) is 5.02 Å². The van der Waals surface area contributed by atoms with Crippen molar-refractivity contribution < 1.29 is 29.0 Å². The lowest BCUT2D eigenvalue weighted by Gasteiger charge is -2.27. The van der Waals surface area contributed by atoms with Gasteiger partial charge in [-0.15, -0.1) is 0 Å². The monoisotopic (exact) mass is 383 g/mol. The smallest absolute Gasteiger partial charge is 0.411 e. The summed E-state index contributed by atoms with van der Waals surface area (Å²) in [7, 11) is 0. The summed E-state index contributed by atoms with van der Waals surface area (Å²) in [5.74, 6) is -1.15. The maximum Gasteiger partial charge on any atom is 0.411 e. The van der Waals surface area contributed by atoms with Crippen LogP contribution in [0.15, 0.2) is 24.3 Å². The predicted molar refractivity (Wildman–Crippen MR) is 94.1 cm³/mol. The Bertz CT molecular complexity index is 682. The van der Waals surface area contributed by atoms with Crippen LogP contribution in [0.3, 0.4) is 0 Å². The zero-order valence-corrected chi connectivity index (χ0v) is 15.7. The van der Waals surface area contributed by atoms with E-state index in [1.54, 1.807) is 32.9 Å². The van der Waals surface area contributed by atoms with Crippen molar-refractivity contribution in [3.63, 3.8) is 0 Å². The number of hydrogen-bond acceptors (Lipinski definition) is 6. The first-order valence-electron chi connectivity index (χ1n) is 8.20. The lowest BCUT2D eigenvalue weighted by Crippen LogP contribution is -2.44. The van der Waals surface area contributed by atoms with Gasteiger partial charge in [0.25, 0.3) is 0 Å². The third-order valence-electron chi connectivity index (χ3n) is 3.69. The van der Waals surface area contributed by atoms with E-state index in [0.717, 1.165) is 4.90 Å². The van der Waals surface area contributed by atoms with Crippen molar-refractivity contribution in [2.75, 3.05) is 13.2 Å². The average molecular weight is 384 g/mol. The third kappa shape index (κ3) is 5.44. The molecule has 0 saturated carbocycles. The number of carbonyl (C=O) groups is 3. The van der Waals surface area contributed by atoms with Crippen molar-refractivity contribution in [1.29, 1.82) is 0 Å². The Labute approximate surface area is 156 Å². The number of ether oxygens (including phenoxy) is 2. The van der Waals surface area contributed by atoms with Crippen LogP contribution in [0.5, 0.6) is 0 Å². The van der Waals surface area contributed by atoms with Crippen molar-refractivity contribution in [2.45, 2.75) is 44.9 Å². The average Bonchev–Trinajstić information content (AvgIpc) is 2.93. The fraction of sp³-hybridized carbons (Fsp3) is 0.500. The highest BCUT2D eigenvalue weighted by Crippen LogP contribution is 2.22. The van der Waals surface area contributed by atoms with E-state index in [-0.39, 0.29) is 13.0 Å². The molecule has 1 amide bonds. The van der Waals surface area contributed by atoms with Crippen molar-refractivity contribution in [3.8, 4) is 0 Å². The highest BCUT2D eigenvalue weighted by atomic mass is 35.5. The van der Waals surface area contributed by atoms with Crippen LogP contribution in [-0.2, 0) is 14.3 Å². The van der Waals surface area contributed by atoms with E-state index in [2.05, 4.69) is 0 Å². The van der Waals surface area contributed by atoms with E-state index in [9.17, 15) is 19.5 Å². The van der Waals surface area contributed by atoms with Crippen LogP contribution in [0.4, 0.5) is 4.79 Å². The normalized spacial score (nSPS) is 20.0. The second-order valence-electron chi connectivity index (χ2n) is 7.08. The number of aliphatic hydroxyl groups excluding tert-OH is 1. The number of carbonyl (C=O) groups excluding carboxylic acids is 3. The summed E-state index contributed by atoms with van der Waals surface area (Å²) in [4.78, 5) is 37.7. The van der Waals surface area contributed by atoms with Crippen LogP contribution in [0.1, 0.15) is 37.6 Å². The van der Waals surface area contributed by atoms with Gasteiger partial charge in [-0.25, -0.2) is 9.59 Å². The molecule has 8 heteroatoms. The molecule has 0 unspecified atom stereocenters. The molecule has 0 spiro atoms. The standard InChI is InChI=1S/C18H22ClNO6/c1-18(2,3)26-17(24)20-9-13(21)8-14(20)16(23)25-10-15(22)11-4-6-12(19)7-5-11/h4-7,13-14,21H,8-10H2,1-3H3/t13-,14-/m1/s1. The third-order valence-corrected chi connectivity index (χ3v) is 3.94. The number of esters is 1. The summed E-state index contributed by atoms with van der Waals surface area (Å²) in [6.07, 6.45) is -1.53. The molecule has 1 aliphatic rings. The Morgan fingerprint density at radius 1 is 1.23 bits per heavy atom. The maximum atomic E-state index is 12.3. The summed E-state index contributed by atoms with van der Waals surface area (Å²) in [6, 6.07) is 5.20. The number of nitrogens with zero attached hydrogens (tertiary/aromatic N) is 1. The van der Waals surface area contributed by atoms with Gasteiger partial charge in [0.05, 0.1) is 12.6 Å². The molecular weight excluding hydrogens is 362 g/mol. The molecule has 1 aromatic rings. The molecule has 1 heterocycles. The molecule has 2 atom stereocenters. The summed E-state index contributed by atoms with van der Waals surface area (Å²) in [5, 5.41) is 10.3. The lowest BCUT2D eigenvalue weighted by molar-refractivity contribution is -0.147. The lowest BCUT2D eigenvalue weighted by atomic mass is 10.1. The van der Waals surface area contributed by atoms with E-state index in [0.29, 0.717) is 10.6 Å². The number of benzene rings is 1. The van der Waals surface area contributed by atoms with Crippen LogP contribution in [-0.4, -0.2) is 58.8 Å². The molecule has 7 nitrogen and oxygen atoms in total. The van der Waals surface area contributed by atoms with Gasteiger partial charge in [-0.2, -0.15) is 0 Å². The summed E-state index contributed by atoms with van der Waals surface area (Å²) < 4.78 is 10.3. The molecule has 26 heavy (non-hydrogen) atoms. The Morgan fingerprint density at radius 3 is 2.42 bits per heavy atom. The SMILES string of the molecule is CC(C)(C)OC(=O)N1C[C@H](O)C[C@@H]1C(=O)OCC(=O)c1ccc(Cl)cc1. The number of amides is 1. The van der Waals surface area contributed by atoms with Gasteiger partial charge < -0.3 is 14.6 Å². The molecule has 0 aromatic heterocycles. The van der Waals surface area contributed by atoms with E-state index in [1.165, 1.54) is 12.1 Å². The fourth-order valence-corrected chi connectivity index (χ4v) is 2.64.